The standard InChI is InChI=1S/C24H24N6O3S/c1-33-19-6-2-4-15-7-8-17(27-21(15)19)13-26-18-5-3-11-30(14-18)23-25-10-9-16(28-23)12-20-22(31)29-24(32)34-20/h2,4,6-10,12,18,26H,3,5,11,13-14H2,1H3,(H,29,31,32)/t18-/m0/s1. The van der Waals surface area contributed by atoms with Crippen molar-refractivity contribution in [1.82, 2.24) is 25.6 Å². The Morgan fingerprint density at radius 1 is 1.24 bits per heavy atom. The van der Waals surface area contributed by atoms with Crippen LogP contribution in [0.5, 0.6) is 5.75 Å². The molecule has 4 heterocycles. The van der Waals surface area contributed by atoms with Gasteiger partial charge in [0.1, 0.15) is 11.3 Å². The maximum atomic E-state index is 11.8. The number of carbonyl (C=O) groups excluding carboxylic acids is 2. The lowest BCUT2D eigenvalue weighted by atomic mass is 10.1. The number of hydrogen-bond donors (Lipinski definition) is 2. The number of aromatic nitrogens is 3. The fourth-order valence-electron chi connectivity index (χ4n) is 4.15. The molecular formula is C24H24N6O3S. The lowest BCUT2D eigenvalue weighted by molar-refractivity contribution is -0.115. The van der Waals surface area contributed by atoms with Crippen LogP contribution < -0.4 is 20.3 Å². The highest BCUT2D eigenvalue weighted by molar-refractivity contribution is 8.18. The molecule has 0 aliphatic carbocycles. The first kappa shape index (κ1) is 22.3. The molecule has 5 rings (SSSR count). The van der Waals surface area contributed by atoms with Crippen molar-refractivity contribution in [2.45, 2.75) is 25.4 Å². The number of carbonyl (C=O) groups is 2. The molecule has 1 aromatic carbocycles. The molecule has 1 atom stereocenters. The molecule has 2 aliphatic rings. The number of ether oxygens (including phenoxy) is 1. The summed E-state index contributed by atoms with van der Waals surface area (Å²) in [4.78, 5) is 39.5. The number of para-hydroxylation sites is 1. The van der Waals surface area contributed by atoms with E-state index in [0.29, 0.717) is 23.1 Å². The molecule has 2 aliphatic heterocycles. The molecule has 2 amide bonds. The number of nitrogens with zero attached hydrogens (tertiary/aromatic N) is 4. The van der Waals surface area contributed by atoms with Gasteiger partial charge in [-0.15, -0.1) is 0 Å². The highest BCUT2D eigenvalue weighted by atomic mass is 32.2. The molecule has 3 aromatic rings. The van der Waals surface area contributed by atoms with Crippen LogP contribution in [0.1, 0.15) is 24.2 Å². The Kier molecular flexibility index (Phi) is 6.41. The van der Waals surface area contributed by atoms with Crippen molar-refractivity contribution >= 4 is 45.8 Å². The predicted octanol–water partition coefficient (Wildman–Crippen LogP) is 3.12. The summed E-state index contributed by atoms with van der Waals surface area (Å²) in [6.45, 7) is 2.28. The zero-order chi connectivity index (χ0) is 23.5. The average molecular weight is 477 g/mol. The Morgan fingerprint density at radius 2 is 2.15 bits per heavy atom. The number of nitrogens with one attached hydrogen (secondary N) is 2. The fraction of sp³-hybridized carbons (Fsp3) is 0.292. The van der Waals surface area contributed by atoms with Crippen molar-refractivity contribution < 1.29 is 14.3 Å². The van der Waals surface area contributed by atoms with Gasteiger partial charge in [0.15, 0.2) is 0 Å². The van der Waals surface area contributed by atoms with Crippen LogP contribution in [0.15, 0.2) is 47.5 Å². The third kappa shape index (κ3) is 4.87. The Morgan fingerprint density at radius 3 is 2.97 bits per heavy atom. The maximum absolute atomic E-state index is 11.8. The molecule has 174 valence electrons. The van der Waals surface area contributed by atoms with E-state index in [1.165, 1.54) is 0 Å². The first-order valence-electron chi connectivity index (χ1n) is 11.1. The molecule has 10 heteroatoms. The van der Waals surface area contributed by atoms with Crippen LogP contribution in [0.3, 0.4) is 0 Å². The summed E-state index contributed by atoms with van der Waals surface area (Å²) in [6.07, 6.45) is 5.36. The van der Waals surface area contributed by atoms with E-state index in [-0.39, 0.29) is 11.3 Å². The third-order valence-corrected chi connectivity index (χ3v) is 6.63. The van der Waals surface area contributed by atoms with Gasteiger partial charge in [-0.05, 0) is 48.9 Å². The number of rotatable bonds is 6. The van der Waals surface area contributed by atoms with Crippen molar-refractivity contribution in [3.63, 3.8) is 0 Å². The topological polar surface area (TPSA) is 109 Å². The summed E-state index contributed by atoms with van der Waals surface area (Å²) in [5.74, 6) is 0.995. The van der Waals surface area contributed by atoms with Crippen molar-refractivity contribution in [1.29, 1.82) is 0 Å². The highest BCUT2D eigenvalue weighted by Gasteiger charge is 2.26. The molecule has 0 spiro atoms. The van der Waals surface area contributed by atoms with Crippen molar-refractivity contribution in [3.05, 3.63) is 58.9 Å². The van der Waals surface area contributed by atoms with Gasteiger partial charge in [-0.3, -0.25) is 14.9 Å². The maximum Gasteiger partial charge on any atom is 0.290 e. The molecule has 0 bridgehead atoms. The monoisotopic (exact) mass is 476 g/mol. The van der Waals surface area contributed by atoms with Crippen molar-refractivity contribution in [2.24, 2.45) is 0 Å². The predicted molar refractivity (Wildman–Crippen MR) is 132 cm³/mol. The average Bonchev–Trinajstić information content (AvgIpc) is 3.18. The number of fused-ring (bicyclic) bond motifs is 1. The molecular weight excluding hydrogens is 452 g/mol. The number of piperidine rings is 1. The van der Waals surface area contributed by atoms with Crippen molar-refractivity contribution in [2.75, 3.05) is 25.1 Å². The number of imide groups is 1. The number of hydrogen-bond acceptors (Lipinski definition) is 9. The molecule has 2 N–H and O–H groups in total. The SMILES string of the molecule is COc1cccc2ccc(CN[C@H]3CCCN(c4nccc(C=C5SC(=O)NC5=O)n4)C3)nc12. The van der Waals surface area contributed by atoms with Gasteiger partial charge in [-0.2, -0.15) is 0 Å². The molecule has 34 heavy (non-hydrogen) atoms. The third-order valence-electron chi connectivity index (χ3n) is 5.82. The fourth-order valence-corrected chi connectivity index (χ4v) is 4.81. The first-order chi connectivity index (χ1) is 16.6. The summed E-state index contributed by atoms with van der Waals surface area (Å²) in [5.41, 5.74) is 2.42. The number of benzene rings is 1. The Labute approximate surface area is 201 Å². The van der Waals surface area contributed by atoms with Gasteiger partial charge in [0.05, 0.1) is 23.4 Å². The molecule has 2 saturated heterocycles. The molecule has 2 fully saturated rings. The van der Waals surface area contributed by atoms with E-state index in [9.17, 15) is 9.59 Å². The molecule has 9 nitrogen and oxygen atoms in total. The second-order valence-corrected chi connectivity index (χ2v) is 9.15. The minimum Gasteiger partial charge on any atom is -0.494 e. The van der Waals surface area contributed by atoms with Crippen LogP contribution in [-0.4, -0.2) is 52.3 Å². The minimum absolute atomic E-state index is 0.267. The number of methoxy groups -OCH3 is 1. The van der Waals surface area contributed by atoms with E-state index in [0.717, 1.165) is 60.0 Å². The van der Waals surface area contributed by atoms with Crippen molar-refractivity contribution in [3.8, 4) is 5.75 Å². The molecule has 0 saturated carbocycles. The molecule has 0 radical (unpaired) electrons. The molecule has 2 aromatic heterocycles. The number of anilines is 1. The highest BCUT2D eigenvalue weighted by Crippen LogP contribution is 2.26. The van der Waals surface area contributed by atoms with Crippen LogP contribution in [-0.2, 0) is 11.3 Å². The van der Waals surface area contributed by atoms with E-state index in [1.54, 1.807) is 25.4 Å². The van der Waals surface area contributed by atoms with Crippen LogP contribution in [0.25, 0.3) is 17.0 Å². The lowest BCUT2D eigenvalue weighted by Gasteiger charge is -2.33. The summed E-state index contributed by atoms with van der Waals surface area (Å²) in [5, 5.41) is 6.56. The lowest BCUT2D eigenvalue weighted by Crippen LogP contribution is -2.46. The molecule has 0 unspecified atom stereocenters. The van der Waals surface area contributed by atoms with E-state index >= 15 is 0 Å². The van der Waals surface area contributed by atoms with Gasteiger partial charge in [0, 0.05) is 37.3 Å². The Bertz CT molecular complexity index is 1280. The second kappa shape index (κ2) is 9.78. The normalized spacial score (nSPS) is 19.6. The van der Waals surface area contributed by atoms with Crippen LogP contribution >= 0.6 is 11.8 Å². The number of thioether (sulfide) groups is 1. The van der Waals surface area contributed by atoms with E-state index in [4.69, 9.17) is 9.72 Å². The zero-order valence-electron chi connectivity index (χ0n) is 18.7. The Hall–Kier alpha value is -3.50. The van der Waals surface area contributed by atoms with Gasteiger partial charge in [-0.1, -0.05) is 18.2 Å². The quantitative estimate of drug-likeness (QED) is 0.519. The number of pyridine rings is 1. The van der Waals surface area contributed by atoms with Gasteiger partial charge in [0.2, 0.25) is 5.95 Å². The summed E-state index contributed by atoms with van der Waals surface area (Å²) in [6, 6.07) is 12.0. The van der Waals surface area contributed by atoms with Crippen LogP contribution in [0, 0.1) is 0 Å². The van der Waals surface area contributed by atoms with Crippen LogP contribution in [0.4, 0.5) is 10.7 Å². The Balaban J connectivity index is 1.25. The summed E-state index contributed by atoms with van der Waals surface area (Å²) >= 11 is 0.881. The van der Waals surface area contributed by atoms with Gasteiger partial charge < -0.3 is 15.0 Å². The summed E-state index contributed by atoms with van der Waals surface area (Å²) < 4.78 is 5.45. The number of amides is 2. The van der Waals surface area contributed by atoms with E-state index < -0.39 is 5.91 Å². The first-order valence-corrected chi connectivity index (χ1v) is 11.9. The van der Waals surface area contributed by atoms with Gasteiger partial charge in [-0.25, -0.2) is 15.0 Å². The second-order valence-electron chi connectivity index (χ2n) is 8.13. The van der Waals surface area contributed by atoms with E-state index in [1.807, 2.05) is 24.3 Å². The van der Waals surface area contributed by atoms with Crippen LogP contribution in [0.2, 0.25) is 0 Å². The van der Waals surface area contributed by atoms with E-state index in [2.05, 4.69) is 31.6 Å². The van der Waals surface area contributed by atoms with Gasteiger partial charge in [0.25, 0.3) is 11.1 Å². The smallest absolute Gasteiger partial charge is 0.290 e. The minimum atomic E-state index is -0.391. The van der Waals surface area contributed by atoms with Gasteiger partial charge >= 0.3 is 0 Å². The summed E-state index contributed by atoms with van der Waals surface area (Å²) in [7, 11) is 1.66. The largest absolute Gasteiger partial charge is 0.494 e. The zero-order valence-corrected chi connectivity index (χ0v) is 19.5.